The highest BCUT2D eigenvalue weighted by atomic mass is 79.9. The molecule has 4 nitrogen and oxygen atoms in total. The molecule has 0 N–H and O–H groups in total. The van der Waals surface area contributed by atoms with E-state index in [9.17, 15) is 4.39 Å². The van der Waals surface area contributed by atoms with E-state index in [2.05, 4.69) is 31.5 Å². The number of tetrazole rings is 1. The second-order valence-corrected chi connectivity index (χ2v) is 6.04. The molecule has 0 aliphatic heterocycles. The highest BCUT2D eigenvalue weighted by molar-refractivity contribution is 9.10. The lowest BCUT2D eigenvalue weighted by Crippen LogP contribution is -1.98. The van der Waals surface area contributed by atoms with E-state index in [4.69, 9.17) is 0 Å². The molecule has 2 aromatic carbocycles. The molecule has 0 saturated heterocycles. The number of benzene rings is 2. The predicted octanol–water partition coefficient (Wildman–Crippen LogP) is 3.86. The zero-order valence-electron chi connectivity index (χ0n) is 10.8. The summed E-state index contributed by atoms with van der Waals surface area (Å²) in [6, 6.07) is 14.6. The van der Waals surface area contributed by atoms with Gasteiger partial charge in [0.1, 0.15) is 5.82 Å². The molecule has 7 heteroatoms. The molecule has 0 aliphatic rings. The van der Waals surface area contributed by atoms with Gasteiger partial charge in [-0.1, -0.05) is 36.0 Å². The van der Waals surface area contributed by atoms with E-state index in [1.165, 1.54) is 17.8 Å². The maximum Gasteiger partial charge on any atom is 0.214 e. The van der Waals surface area contributed by atoms with E-state index in [-0.39, 0.29) is 5.82 Å². The molecule has 3 rings (SSSR count). The Kier molecular flexibility index (Phi) is 4.31. The van der Waals surface area contributed by atoms with E-state index in [0.717, 1.165) is 11.3 Å². The lowest BCUT2D eigenvalue weighted by Gasteiger charge is -2.04. The number of rotatable bonds is 4. The lowest BCUT2D eigenvalue weighted by molar-refractivity contribution is 0.620. The summed E-state index contributed by atoms with van der Waals surface area (Å²) in [6.45, 7) is 0. The Labute approximate surface area is 133 Å². The summed E-state index contributed by atoms with van der Waals surface area (Å²) in [5, 5.41) is 12.4. The summed E-state index contributed by atoms with van der Waals surface area (Å²) in [7, 11) is 0. The quantitative estimate of drug-likeness (QED) is 0.659. The van der Waals surface area contributed by atoms with Crippen LogP contribution in [0.4, 0.5) is 4.39 Å². The van der Waals surface area contributed by atoms with Crippen molar-refractivity contribution in [3.63, 3.8) is 0 Å². The van der Waals surface area contributed by atoms with Gasteiger partial charge in [0.25, 0.3) is 0 Å². The van der Waals surface area contributed by atoms with Gasteiger partial charge >= 0.3 is 0 Å². The minimum atomic E-state index is -0.266. The van der Waals surface area contributed by atoms with Gasteiger partial charge in [0.05, 0.1) is 10.2 Å². The van der Waals surface area contributed by atoms with Crippen molar-refractivity contribution < 1.29 is 4.39 Å². The highest BCUT2D eigenvalue weighted by Gasteiger charge is 2.09. The lowest BCUT2D eigenvalue weighted by atomic mass is 10.2. The third kappa shape index (κ3) is 3.30. The predicted molar refractivity (Wildman–Crippen MR) is 82.8 cm³/mol. The van der Waals surface area contributed by atoms with Crippen molar-refractivity contribution in [2.45, 2.75) is 10.9 Å². The van der Waals surface area contributed by atoms with Crippen LogP contribution in [0.3, 0.4) is 0 Å². The van der Waals surface area contributed by atoms with E-state index in [1.807, 2.05) is 30.3 Å². The van der Waals surface area contributed by atoms with Gasteiger partial charge in [-0.15, -0.1) is 5.10 Å². The second kappa shape index (κ2) is 6.36. The number of thioether (sulfide) groups is 1. The minimum Gasteiger partial charge on any atom is -0.206 e. The van der Waals surface area contributed by atoms with Gasteiger partial charge in [-0.3, -0.25) is 0 Å². The molecule has 21 heavy (non-hydrogen) atoms. The van der Waals surface area contributed by atoms with Gasteiger partial charge in [-0.05, 0) is 56.2 Å². The number of hydrogen-bond acceptors (Lipinski definition) is 4. The molecule has 1 heterocycles. The molecule has 0 amide bonds. The van der Waals surface area contributed by atoms with Gasteiger partial charge in [0.2, 0.25) is 5.16 Å². The van der Waals surface area contributed by atoms with Crippen LogP contribution in [0.2, 0.25) is 0 Å². The van der Waals surface area contributed by atoms with Crippen LogP contribution in [0.15, 0.2) is 58.2 Å². The molecule has 0 radical (unpaired) electrons. The maximum atomic E-state index is 13.2. The number of para-hydroxylation sites is 1. The first-order valence-corrected chi connectivity index (χ1v) is 7.92. The summed E-state index contributed by atoms with van der Waals surface area (Å²) >= 11 is 4.69. The normalized spacial score (nSPS) is 10.8. The van der Waals surface area contributed by atoms with Crippen LogP contribution in [0.25, 0.3) is 5.69 Å². The summed E-state index contributed by atoms with van der Waals surface area (Å²) in [5.41, 5.74) is 1.90. The molecule has 106 valence electrons. The smallest absolute Gasteiger partial charge is 0.206 e. The molecule has 0 fully saturated rings. The summed E-state index contributed by atoms with van der Waals surface area (Å²) < 4.78 is 15.4. The fourth-order valence-corrected chi connectivity index (χ4v) is 3.04. The monoisotopic (exact) mass is 364 g/mol. The molecular formula is C14H10BrFN4S. The first-order valence-electron chi connectivity index (χ1n) is 6.14. The molecule has 3 aromatic rings. The van der Waals surface area contributed by atoms with Crippen LogP contribution in [0.5, 0.6) is 0 Å². The topological polar surface area (TPSA) is 43.6 Å². The first kappa shape index (κ1) is 14.2. The van der Waals surface area contributed by atoms with Crippen LogP contribution in [0, 0.1) is 5.82 Å². The van der Waals surface area contributed by atoms with Crippen molar-refractivity contribution >= 4 is 27.7 Å². The Morgan fingerprint density at radius 2 is 1.95 bits per heavy atom. The molecule has 0 unspecified atom stereocenters. The first-order chi connectivity index (χ1) is 10.2. The Hall–Kier alpha value is -1.73. The average molecular weight is 365 g/mol. The SMILES string of the molecule is Fc1ccc(CSc2nnnn2-c2ccccc2)cc1Br. The number of aromatic nitrogens is 4. The van der Waals surface area contributed by atoms with Gasteiger partial charge < -0.3 is 0 Å². The summed E-state index contributed by atoms with van der Waals surface area (Å²) in [4.78, 5) is 0. The summed E-state index contributed by atoms with van der Waals surface area (Å²) in [6.07, 6.45) is 0. The van der Waals surface area contributed by atoms with E-state index < -0.39 is 0 Å². The highest BCUT2D eigenvalue weighted by Crippen LogP contribution is 2.25. The molecule has 0 spiro atoms. The Balaban J connectivity index is 1.77. The number of nitrogens with zero attached hydrogens (tertiary/aromatic N) is 4. The van der Waals surface area contributed by atoms with E-state index >= 15 is 0 Å². The van der Waals surface area contributed by atoms with E-state index in [0.29, 0.717) is 15.4 Å². The largest absolute Gasteiger partial charge is 0.214 e. The molecular weight excluding hydrogens is 355 g/mol. The summed E-state index contributed by atoms with van der Waals surface area (Å²) in [5.74, 6) is 0.393. The zero-order chi connectivity index (χ0) is 14.7. The van der Waals surface area contributed by atoms with Gasteiger partial charge in [0.15, 0.2) is 0 Å². The van der Waals surface area contributed by atoms with Gasteiger partial charge in [-0.25, -0.2) is 4.39 Å². The van der Waals surface area contributed by atoms with Crippen molar-refractivity contribution in [1.29, 1.82) is 0 Å². The maximum absolute atomic E-state index is 13.2. The molecule has 0 saturated carbocycles. The second-order valence-electron chi connectivity index (χ2n) is 4.25. The molecule has 0 bridgehead atoms. The number of halogens is 2. The van der Waals surface area contributed by atoms with Crippen molar-refractivity contribution in [2.24, 2.45) is 0 Å². The fraction of sp³-hybridized carbons (Fsp3) is 0.0714. The minimum absolute atomic E-state index is 0.266. The van der Waals surface area contributed by atoms with Gasteiger partial charge in [0, 0.05) is 5.75 Å². The van der Waals surface area contributed by atoms with Crippen LogP contribution >= 0.6 is 27.7 Å². The Morgan fingerprint density at radius 1 is 1.14 bits per heavy atom. The van der Waals surface area contributed by atoms with Crippen molar-refractivity contribution in [1.82, 2.24) is 20.2 Å². The Morgan fingerprint density at radius 3 is 2.71 bits per heavy atom. The van der Waals surface area contributed by atoms with Crippen molar-refractivity contribution in [2.75, 3.05) is 0 Å². The van der Waals surface area contributed by atoms with Crippen LogP contribution in [-0.4, -0.2) is 20.2 Å². The van der Waals surface area contributed by atoms with Crippen LogP contribution in [0.1, 0.15) is 5.56 Å². The average Bonchev–Trinajstić information content (AvgIpc) is 2.98. The van der Waals surface area contributed by atoms with E-state index in [1.54, 1.807) is 16.8 Å². The third-order valence-electron chi connectivity index (χ3n) is 2.79. The fourth-order valence-electron chi connectivity index (χ4n) is 1.78. The van der Waals surface area contributed by atoms with Crippen molar-refractivity contribution in [3.05, 3.63) is 64.4 Å². The Bertz CT molecular complexity index is 748. The molecule has 0 atom stereocenters. The molecule has 0 aliphatic carbocycles. The van der Waals surface area contributed by atoms with Crippen LogP contribution in [-0.2, 0) is 5.75 Å². The van der Waals surface area contributed by atoms with Crippen molar-refractivity contribution in [3.8, 4) is 5.69 Å². The van der Waals surface area contributed by atoms with Crippen LogP contribution < -0.4 is 0 Å². The standard InChI is InChI=1S/C14H10BrFN4S/c15-12-8-10(6-7-13(12)16)9-21-14-17-18-19-20(14)11-4-2-1-3-5-11/h1-8H,9H2. The zero-order valence-corrected chi connectivity index (χ0v) is 13.2. The number of hydrogen-bond donors (Lipinski definition) is 0. The van der Waals surface area contributed by atoms with Gasteiger partial charge in [-0.2, -0.15) is 4.68 Å². The molecule has 1 aromatic heterocycles. The third-order valence-corrected chi connectivity index (χ3v) is 4.39.